The predicted molar refractivity (Wildman–Crippen MR) is 78.2 cm³/mol. The van der Waals surface area contributed by atoms with E-state index in [-0.39, 0.29) is 0 Å². The fourth-order valence-electron chi connectivity index (χ4n) is 2.18. The number of anilines is 1. The lowest BCUT2D eigenvalue weighted by Crippen LogP contribution is -2.26. The van der Waals surface area contributed by atoms with E-state index in [4.69, 9.17) is 0 Å². The highest BCUT2D eigenvalue weighted by Gasteiger charge is 2.25. The summed E-state index contributed by atoms with van der Waals surface area (Å²) in [5, 5.41) is 9.43. The van der Waals surface area contributed by atoms with Crippen molar-refractivity contribution >= 4 is 17.4 Å². The second-order valence-electron chi connectivity index (χ2n) is 4.68. The molecule has 2 rings (SSSR count). The van der Waals surface area contributed by atoms with Crippen LogP contribution in [0.2, 0.25) is 0 Å². The molecule has 0 amide bonds. The van der Waals surface area contributed by atoms with Crippen LogP contribution < -0.4 is 4.90 Å². The minimum Gasteiger partial charge on any atom is -0.370 e. The van der Waals surface area contributed by atoms with Crippen LogP contribution in [0.15, 0.2) is 23.1 Å². The van der Waals surface area contributed by atoms with Crippen LogP contribution in [0.1, 0.15) is 32.3 Å². The van der Waals surface area contributed by atoms with Crippen molar-refractivity contribution in [3.8, 4) is 6.07 Å². The zero-order valence-electron chi connectivity index (χ0n) is 11.1. The van der Waals surface area contributed by atoms with Crippen molar-refractivity contribution in [3.05, 3.63) is 23.8 Å². The lowest BCUT2D eigenvalue weighted by atomic mass is 10.1. The van der Waals surface area contributed by atoms with E-state index in [0.29, 0.717) is 0 Å². The highest BCUT2D eigenvalue weighted by atomic mass is 32.2. The first kappa shape index (κ1) is 13.3. The molecule has 0 heterocycles. The van der Waals surface area contributed by atoms with Gasteiger partial charge in [-0.3, -0.25) is 0 Å². The Morgan fingerprint density at radius 3 is 2.72 bits per heavy atom. The standard InChI is InChI=1S/C15H20N2S/c1-3-17(11-12-8-9-12)14-6-5-7-15(18-4-2)13(14)10-16/h5-7,12H,3-4,8-9,11H2,1-2H3. The van der Waals surface area contributed by atoms with E-state index in [1.807, 2.05) is 0 Å². The van der Waals surface area contributed by atoms with Gasteiger partial charge >= 0.3 is 0 Å². The van der Waals surface area contributed by atoms with Gasteiger partial charge in [0, 0.05) is 18.0 Å². The van der Waals surface area contributed by atoms with Crippen LogP contribution in [0, 0.1) is 17.2 Å². The molecule has 0 unspecified atom stereocenters. The molecule has 1 aliphatic rings. The number of benzene rings is 1. The first-order valence-electron chi connectivity index (χ1n) is 6.71. The smallest absolute Gasteiger partial charge is 0.103 e. The molecule has 1 aromatic carbocycles. The first-order valence-corrected chi connectivity index (χ1v) is 7.69. The van der Waals surface area contributed by atoms with E-state index in [1.165, 1.54) is 12.8 Å². The topological polar surface area (TPSA) is 27.0 Å². The van der Waals surface area contributed by atoms with Crippen LogP contribution >= 0.6 is 11.8 Å². The molecule has 0 bridgehead atoms. The quantitative estimate of drug-likeness (QED) is 0.726. The number of thioether (sulfide) groups is 1. The van der Waals surface area contributed by atoms with Crippen molar-refractivity contribution in [3.63, 3.8) is 0 Å². The van der Waals surface area contributed by atoms with E-state index in [1.54, 1.807) is 11.8 Å². The molecule has 1 saturated carbocycles. The van der Waals surface area contributed by atoms with Crippen molar-refractivity contribution < 1.29 is 0 Å². The summed E-state index contributed by atoms with van der Waals surface area (Å²) in [5.41, 5.74) is 1.97. The third kappa shape index (κ3) is 3.00. The molecule has 0 saturated heterocycles. The monoisotopic (exact) mass is 260 g/mol. The lowest BCUT2D eigenvalue weighted by Gasteiger charge is -2.25. The molecular formula is C15H20N2S. The summed E-state index contributed by atoms with van der Waals surface area (Å²) in [6.07, 6.45) is 2.70. The molecule has 0 N–H and O–H groups in total. The average molecular weight is 260 g/mol. The van der Waals surface area contributed by atoms with E-state index in [9.17, 15) is 5.26 Å². The Labute approximate surface area is 114 Å². The molecule has 3 heteroatoms. The summed E-state index contributed by atoms with van der Waals surface area (Å²) in [6.45, 7) is 6.38. The van der Waals surface area contributed by atoms with E-state index < -0.39 is 0 Å². The van der Waals surface area contributed by atoms with Crippen molar-refractivity contribution in [2.75, 3.05) is 23.7 Å². The van der Waals surface area contributed by atoms with Crippen LogP contribution in [-0.4, -0.2) is 18.8 Å². The maximum atomic E-state index is 9.43. The zero-order valence-corrected chi connectivity index (χ0v) is 12.0. The molecule has 18 heavy (non-hydrogen) atoms. The summed E-state index contributed by atoms with van der Waals surface area (Å²) >= 11 is 1.75. The van der Waals surface area contributed by atoms with Crippen molar-refractivity contribution in [2.45, 2.75) is 31.6 Å². The summed E-state index contributed by atoms with van der Waals surface area (Å²) < 4.78 is 0. The molecule has 0 radical (unpaired) electrons. The van der Waals surface area contributed by atoms with Gasteiger partial charge in [-0.1, -0.05) is 13.0 Å². The van der Waals surface area contributed by atoms with Crippen LogP contribution in [0.3, 0.4) is 0 Å². The minimum atomic E-state index is 0.846. The van der Waals surface area contributed by atoms with Gasteiger partial charge in [-0.2, -0.15) is 5.26 Å². The van der Waals surface area contributed by atoms with Gasteiger partial charge in [0.05, 0.1) is 11.3 Å². The first-order chi connectivity index (χ1) is 8.80. The summed E-state index contributed by atoms with van der Waals surface area (Å²) in [5.74, 6) is 1.85. The van der Waals surface area contributed by atoms with Gasteiger partial charge in [0.1, 0.15) is 6.07 Å². The minimum absolute atomic E-state index is 0.846. The summed E-state index contributed by atoms with van der Waals surface area (Å²) in [4.78, 5) is 3.47. The average Bonchev–Trinajstić information content (AvgIpc) is 3.20. The van der Waals surface area contributed by atoms with Gasteiger partial charge in [-0.15, -0.1) is 11.8 Å². The number of rotatable bonds is 6. The Bertz CT molecular complexity index is 446. The van der Waals surface area contributed by atoms with E-state index in [2.05, 4.69) is 43.0 Å². The van der Waals surface area contributed by atoms with E-state index >= 15 is 0 Å². The Morgan fingerprint density at radius 2 is 2.17 bits per heavy atom. The SMILES string of the molecule is CCSc1cccc(N(CC)CC2CC2)c1C#N. The Morgan fingerprint density at radius 1 is 1.39 bits per heavy atom. The van der Waals surface area contributed by atoms with E-state index in [0.717, 1.165) is 40.9 Å². The Kier molecular flexibility index (Phi) is 4.54. The normalized spacial score (nSPS) is 14.3. The number of nitrogens with zero attached hydrogens (tertiary/aromatic N) is 2. The molecule has 96 valence electrons. The number of hydrogen-bond acceptors (Lipinski definition) is 3. The van der Waals surface area contributed by atoms with Gasteiger partial charge in [0.2, 0.25) is 0 Å². The summed E-state index contributed by atoms with van der Waals surface area (Å²) in [7, 11) is 0. The third-order valence-electron chi connectivity index (χ3n) is 3.31. The Hall–Kier alpha value is -1.14. The van der Waals surface area contributed by atoms with Gasteiger partial charge < -0.3 is 4.90 Å². The van der Waals surface area contributed by atoms with Crippen LogP contribution in [0.25, 0.3) is 0 Å². The lowest BCUT2D eigenvalue weighted by molar-refractivity contribution is 0.740. The fourth-order valence-corrected chi connectivity index (χ4v) is 2.96. The molecular weight excluding hydrogens is 240 g/mol. The van der Waals surface area contributed by atoms with Crippen molar-refractivity contribution in [1.82, 2.24) is 0 Å². The maximum absolute atomic E-state index is 9.43. The third-order valence-corrected chi connectivity index (χ3v) is 4.25. The zero-order chi connectivity index (χ0) is 13.0. The molecule has 0 aliphatic heterocycles. The second-order valence-corrected chi connectivity index (χ2v) is 5.98. The molecule has 0 aromatic heterocycles. The second kappa shape index (κ2) is 6.15. The molecule has 1 fully saturated rings. The van der Waals surface area contributed by atoms with Crippen LogP contribution in [0.4, 0.5) is 5.69 Å². The predicted octanol–water partition coefficient (Wildman–Crippen LogP) is 3.91. The number of hydrogen-bond donors (Lipinski definition) is 0. The van der Waals surface area contributed by atoms with Crippen LogP contribution in [0.5, 0.6) is 0 Å². The Balaban J connectivity index is 2.29. The highest BCUT2D eigenvalue weighted by Crippen LogP contribution is 2.34. The molecule has 0 atom stereocenters. The van der Waals surface area contributed by atoms with Crippen molar-refractivity contribution in [1.29, 1.82) is 5.26 Å². The van der Waals surface area contributed by atoms with Gasteiger partial charge in [0.25, 0.3) is 0 Å². The molecule has 2 nitrogen and oxygen atoms in total. The number of nitriles is 1. The molecule has 1 aliphatic carbocycles. The van der Waals surface area contributed by atoms with Crippen molar-refractivity contribution in [2.24, 2.45) is 5.92 Å². The fraction of sp³-hybridized carbons (Fsp3) is 0.533. The van der Waals surface area contributed by atoms with Gasteiger partial charge in [-0.05, 0) is 43.6 Å². The van der Waals surface area contributed by atoms with Crippen LogP contribution in [-0.2, 0) is 0 Å². The van der Waals surface area contributed by atoms with Gasteiger partial charge in [-0.25, -0.2) is 0 Å². The summed E-state index contributed by atoms with van der Waals surface area (Å²) in [6, 6.07) is 8.61. The highest BCUT2D eigenvalue weighted by molar-refractivity contribution is 7.99. The molecule has 1 aromatic rings. The maximum Gasteiger partial charge on any atom is 0.103 e. The largest absolute Gasteiger partial charge is 0.370 e. The molecule has 0 spiro atoms. The van der Waals surface area contributed by atoms with Gasteiger partial charge in [0.15, 0.2) is 0 Å².